The molecule has 0 bridgehead atoms. The van der Waals surface area contributed by atoms with Crippen molar-refractivity contribution < 1.29 is 24.5 Å². The van der Waals surface area contributed by atoms with E-state index in [-0.39, 0.29) is 43.2 Å². The number of amides is 2. The van der Waals surface area contributed by atoms with E-state index in [1.807, 2.05) is 6.92 Å². The summed E-state index contributed by atoms with van der Waals surface area (Å²) in [6.45, 7) is 2.45. The molecule has 1 aliphatic carbocycles. The molecular formula is C13H22N2O5. The van der Waals surface area contributed by atoms with Crippen LogP contribution in [0, 0.1) is 5.92 Å². The zero-order valence-corrected chi connectivity index (χ0v) is 11.6. The summed E-state index contributed by atoms with van der Waals surface area (Å²) in [7, 11) is 0. The van der Waals surface area contributed by atoms with Gasteiger partial charge in [0.25, 0.3) is 0 Å². The summed E-state index contributed by atoms with van der Waals surface area (Å²) in [6, 6.07) is -0.650. The maximum atomic E-state index is 12.3. The van der Waals surface area contributed by atoms with E-state index in [0.717, 1.165) is 12.8 Å². The Kier molecular flexibility index (Phi) is 4.82. The number of nitrogens with one attached hydrogen (secondary N) is 1. The second-order valence-electron chi connectivity index (χ2n) is 5.63. The van der Waals surface area contributed by atoms with Gasteiger partial charge in [0, 0.05) is 6.04 Å². The van der Waals surface area contributed by atoms with Crippen LogP contribution >= 0.6 is 0 Å². The molecule has 7 heteroatoms. The first-order valence-electron chi connectivity index (χ1n) is 7.02. The molecule has 2 rings (SSSR count). The molecule has 3 atom stereocenters. The van der Waals surface area contributed by atoms with Crippen LogP contribution in [0.25, 0.3) is 0 Å². The van der Waals surface area contributed by atoms with Gasteiger partial charge in [-0.2, -0.15) is 0 Å². The number of hydrogen-bond acceptors (Lipinski definition) is 4. The highest BCUT2D eigenvalue weighted by molar-refractivity contribution is 5.76. The predicted molar refractivity (Wildman–Crippen MR) is 70.3 cm³/mol. The minimum Gasteiger partial charge on any atom is -0.481 e. The van der Waals surface area contributed by atoms with Crippen molar-refractivity contribution in [3.05, 3.63) is 0 Å². The van der Waals surface area contributed by atoms with Gasteiger partial charge in [-0.3, -0.25) is 4.79 Å². The van der Waals surface area contributed by atoms with Crippen LogP contribution in [0.5, 0.6) is 0 Å². The molecule has 114 valence electrons. The van der Waals surface area contributed by atoms with E-state index in [2.05, 4.69) is 5.32 Å². The number of aliphatic hydroxyl groups is 1. The maximum absolute atomic E-state index is 12.3. The number of ether oxygens (including phenoxy) is 1. The van der Waals surface area contributed by atoms with E-state index in [4.69, 9.17) is 14.9 Å². The standard InChI is InChI=1S/C13H22N2O5/c1-8-7-20-10(6-16)5-15(8)13(19)14-11(4-12(17)18)9-2-3-9/h8-11,16H,2-7H2,1H3,(H,14,19)(H,17,18). The molecule has 20 heavy (non-hydrogen) atoms. The van der Waals surface area contributed by atoms with Gasteiger partial charge in [-0.05, 0) is 25.7 Å². The number of aliphatic carboxylic acids is 1. The van der Waals surface area contributed by atoms with Crippen LogP contribution in [-0.2, 0) is 9.53 Å². The van der Waals surface area contributed by atoms with E-state index in [1.165, 1.54) is 0 Å². The van der Waals surface area contributed by atoms with Crippen LogP contribution < -0.4 is 5.32 Å². The van der Waals surface area contributed by atoms with Crippen LogP contribution in [0.2, 0.25) is 0 Å². The average molecular weight is 286 g/mol. The smallest absolute Gasteiger partial charge is 0.318 e. The fourth-order valence-corrected chi connectivity index (χ4v) is 2.47. The van der Waals surface area contributed by atoms with Crippen molar-refractivity contribution >= 4 is 12.0 Å². The quantitative estimate of drug-likeness (QED) is 0.662. The largest absolute Gasteiger partial charge is 0.481 e. The number of carboxylic acids is 1. The number of urea groups is 1. The summed E-state index contributed by atoms with van der Waals surface area (Å²) in [5, 5.41) is 20.8. The molecule has 1 saturated heterocycles. The number of rotatable bonds is 5. The third-order valence-electron chi connectivity index (χ3n) is 3.86. The fraction of sp³-hybridized carbons (Fsp3) is 0.846. The number of aliphatic hydroxyl groups excluding tert-OH is 1. The molecule has 2 fully saturated rings. The number of nitrogens with zero attached hydrogens (tertiary/aromatic N) is 1. The summed E-state index contributed by atoms with van der Waals surface area (Å²) in [4.78, 5) is 24.7. The molecule has 3 unspecified atom stereocenters. The highest BCUT2D eigenvalue weighted by Gasteiger charge is 2.36. The van der Waals surface area contributed by atoms with Crippen LogP contribution in [0.15, 0.2) is 0 Å². The van der Waals surface area contributed by atoms with Crippen LogP contribution in [-0.4, -0.2) is 65.1 Å². The van der Waals surface area contributed by atoms with Gasteiger partial charge in [0.05, 0.1) is 38.3 Å². The summed E-state index contributed by atoms with van der Waals surface area (Å²) >= 11 is 0. The maximum Gasteiger partial charge on any atom is 0.318 e. The first kappa shape index (κ1) is 15.1. The minimum absolute atomic E-state index is 0.0431. The van der Waals surface area contributed by atoms with Crippen LogP contribution in [0.4, 0.5) is 4.79 Å². The Labute approximate surface area is 117 Å². The number of carboxylic acid groups (broad SMARTS) is 1. The van der Waals surface area contributed by atoms with Crippen molar-refractivity contribution in [2.24, 2.45) is 5.92 Å². The van der Waals surface area contributed by atoms with E-state index >= 15 is 0 Å². The number of carbonyl (C=O) groups excluding carboxylic acids is 1. The Morgan fingerprint density at radius 3 is 2.70 bits per heavy atom. The lowest BCUT2D eigenvalue weighted by Gasteiger charge is -2.38. The van der Waals surface area contributed by atoms with Crippen molar-refractivity contribution in [3.63, 3.8) is 0 Å². The zero-order valence-electron chi connectivity index (χ0n) is 11.6. The molecule has 1 aliphatic heterocycles. The molecular weight excluding hydrogens is 264 g/mol. The minimum atomic E-state index is -0.898. The fourth-order valence-electron chi connectivity index (χ4n) is 2.47. The lowest BCUT2D eigenvalue weighted by atomic mass is 10.1. The Hall–Kier alpha value is -1.34. The lowest BCUT2D eigenvalue weighted by Crippen LogP contribution is -2.56. The number of carbonyl (C=O) groups is 2. The molecule has 1 heterocycles. The summed E-state index contributed by atoms with van der Waals surface area (Å²) in [5.74, 6) is -0.620. The third kappa shape index (κ3) is 3.83. The molecule has 0 aromatic carbocycles. The number of morpholine rings is 1. The van der Waals surface area contributed by atoms with Crippen molar-refractivity contribution in [2.45, 2.75) is 44.4 Å². The Balaban J connectivity index is 1.92. The molecule has 0 spiro atoms. The van der Waals surface area contributed by atoms with Gasteiger partial charge in [-0.25, -0.2) is 4.79 Å². The zero-order chi connectivity index (χ0) is 14.7. The van der Waals surface area contributed by atoms with E-state index in [1.54, 1.807) is 4.90 Å². The van der Waals surface area contributed by atoms with Gasteiger partial charge in [0.2, 0.25) is 0 Å². The summed E-state index contributed by atoms with van der Waals surface area (Å²) < 4.78 is 5.38. The summed E-state index contributed by atoms with van der Waals surface area (Å²) in [5.41, 5.74) is 0. The SMILES string of the molecule is CC1COC(CO)CN1C(=O)NC(CC(=O)O)C1CC1. The topological polar surface area (TPSA) is 99.1 Å². The highest BCUT2D eigenvalue weighted by atomic mass is 16.5. The van der Waals surface area contributed by atoms with E-state index in [0.29, 0.717) is 13.2 Å². The van der Waals surface area contributed by atoms with Gasteiger partial charge in [-0.15, -0.1) is 0 Å². The van der Waals surface area contributed by atoms with Gasteiger partial charge < -0.3 is 25.2 Å². The van der Waals surface area contributed by atoms with E-state index in [9.17, 15) is 9.59 Å². The third-order valence-corrected chi connectivity index (χ3v) is 3.86. The molecule has 2 amide bonds. The van der Waals surface area contributed by atoms with E-state index < -0.39 is 5.97 Å². The molecule has 0 aromatic heterocycles. The average Bonchev–Trinajstić information content (AvgIpc) is 3.22. The molecule has 2 aliphatic rings. The van der Waals surface area contributed by atoms with Crippen molar-refractivity contribution in [1.82, 2.24) is 10.2 Å². The van der Waals surface area contributed by atoms with Crippen molar-refractivity contribution in [1.29, 1.82) is 0 Å². The highest BCUT2D eigenvalue weighted by Crippen LogP contribution is 2.34. The van der Waals surface area contributed by atoms with Gasteiger partial charge in [0.15, 0.2) is 0 Å². The normalized spacial score (nSPS) is 28.0. The Bertz CT molecular complexity index is 372. The Morgan fingerprint density at radius 2 is 2.15 bits per heavy atom. The number of hydrogen-bond donors (Lipinski definition) is 3. The summed E-state index contributed by atoms with van der Waals surface area (Å²) in [6.07, 6.45) is 1.53. The second kappa shape index (κ2) is 6.41. The van der Waals surface area contributed by atoms with Crippen LogP contribution in [0.1, 0.15) is 26.2 Å². The Morgan fingerprint density at radius 1 is 1.45 bits per heavy atom. The molecule has 0 radical (unpaired) electrons. The molecule has 7 nitrogen and oxygen atoms in total. The second-order valence-corrected chi connectivity index (χ2v) is 5.63. The monoisotopic (exact) mass is 286 g/mol. The van der Waals surface area contributed by atoms with Gasteiger partial charge in [0.1, 0.15) is 0 Å². The molecule has 3 N–H and O–H groups in total. The predicted octanol–water partition coefficient (Wildman–Crippen LogP) is 0.0309. The lowest BCUT2D eigenvalue weighted by molar-refractivity contribution is -0.137. The van der Waals surface area contributed by atoms with Crippen molar-refractivity contribution in [3.8, 4) is 0 Å². The molecule has 0 aromatic rings. The van der Waals surface area contributed by atoms with Crippen LogP contribution in [0.3, 0.4) is 0 Å². The molecule has 1 saturated carbocycles. The van der Waals surface area contributed by atoms with Gasteiger partial charge in [-0.1, -0.05) is 0 Å². The first-order valence-corrected chi connectivity index (χ1v) is 7.02. The van der Waals surface area contributed by atoms with Crippen molar-refractivity contribution in [2.75, 3.05) is 19.8 Å². The first-order chi connectivity index (χ1) is 9.51. The van der Waals surface area contributed by atoms with Gasteiger partial charge >= 0.3 is 12.0 Å².